The smallest absolute Gasteiger partial charge is 0.244 e. The van der Waals surface area contributed by atoms with E-state index in [1.165, 1.54) is 0 Å². The lowest BCUT2D eigenvalue weighted by Crippen LogP contribution is -2.26. The third-order valence-corrected chi connectivity index (χ3v) is 4.41. The molecular formula is C22H26N4O3. The van der Waals surface area contributed by atoms with E-state index in [1.54, 1.807) is 12.1 Å². The second-order valence-electron chi connectivity index (χ2n) is 6.64. The van der Waals surface area contributed by atoms with Crippen molar-refractivity contribution >= 4 is 28.5 Å². The number of hydrogen-bond acceptors (Lipinski definition) is 4. The number of imidazole rings is 1. The zero-order chi connectivity index (χ0) is 20.6. The third kappa shape index (κ3) is 5.34. The van der Waals surface area contributed by atoms with Gasteiger partial charge in [-0.25, -0.2) is 4.98 Å². The fourth-order valence-electron chi connectivity index (χ4n) is 3.08. The van der Waals surface area contributed by atoms with Crippen molar-refractivity contribution in [3.05, 3.63) is 54.4 Å². The maximum Gasteiger partial charge on any atom is 0.244 e. The van der Waals surface area contributed by atoms with Gasteiger partial charge in [-0.1, -0.05) is 19.1 Å². The Hall–Kier alpha value is -3.35. The van der Waals surface area contributed by atoms with Gasteiger partial charge in [0.05, 0.1) is 24.2 Å². The minimum atomic E-state index is -0.168. The zero-order valence-electron chi connectivity index (χ0n) is 16.8. The van der Waals surface area contributed by atoms with E-state index in [4.69, 9.17) is 4.74 Å². The Morgan fingerprint density at radius 2 is 1.79 bits per heavy atom. The van der Waals surface area contributed by atoms with Crippen LogP contribution in [-0.2, 0) is 22.7 Å². The Bertz CT molecular complexity index is 979. The first-order chi connectivity index (χ1) is 14.1. The second-order valence-corrected chi connectivity index (χ2v) is 6.64. The molecule has 0 bridgehead atoms. The minimum Gasteiger partial charge on any atom is -0.494 e. The quantitative estimate of drug-likeness (QED) is 0.582. The zero-order valence-corrected chi connectivity index (χ0v) is 16.8. The number of hydrogen-bond donors (Lipinski definition) is 2. The van der Waals surface area contributed by atoms with Gasteiger partial charge in [0, 0.05) is 12.1 Å². The standard InChI is InChI=1S/C22H26N4O3/c1-3-7-21(27)23-14-20-25-18-8-5-6-9-19(18)26(20)15-22(28)24-16-10-12-17(13-11-16)29-4-2/h5-6,8-13H,3-4,7,14-15H2,1-2H3,(H,23,27)(H,24,28). The molecule has 7 heteroatoms. The lowest BCUT2D eigenvalue weighted by molar-refractivity contribution is -0.121. The average Bonchev–Trinajstić information content (AvgIpc) is 3.06. The van der Waals surface area contributed by atoms with Crippen LogP contribution >= 0.6 is 0 Å². The molecule has 0 unspecified atom stereocenters. The second kappa shape index (κ2) is 9.73. The average molecular weight is 394 g/mol. The number of nitrogens with one attached hydrogen (secondary N) is 2. The summed E-state index contributed by atoms with van der Waals surface area (Å²) in [7, 11) is 0. The molecule has 2 amide bonds. The number of aromatic nitrogens is 2. The topological polar surface area (TPSA) is 85.2 Å². The predicted molar refractivity (Wildman–Crippen MR) is 113 cm³/mol. The Kier molecular flexibility index (Phi) is 6.84. The van der Waals surface area contributed by atoms with Crippen LogP contribution in [-0.4, -0.2) is 28.0 Å². The summed E-state index contributed by atoms with van der Waals surface area (Å²) in [4.78, 5) is 29.1. The van der Waals surface area contributed by atoms with E-state index in [2.05, 4.69) is 15.6 Å². The molecule has 0 aliphatic carbocycles. The van der Waals surface area contributed by atoms with Gasteiger partial charge < -0.3 is 19.9 Å². The summed E-state index contributed by atoms with van der Waals surface area (Å²) in [5.74, 6) is 1.22. The molecule has 3 aromatic rings. The number of nitrogens with zero attached hydrogens (tertiary/aromatic N) is 2. The van der Waals surface area contributed by atoms with Crippen LogP contribution in [0.2, 0.25) is 0 Å². The van der Waals surface area contributed by atoms with Crippen molar-refractivity contribution in [2.45, 2.75) is 39.8 Å². The van der Waals surface area contributed by atoms with Crippen LogP contribution in [0.4, 0.5) is 5.69 Å². The van der Waals surface area contributed by atoms with E-state index in [-0.39, 0.29) is 24.9 Å². The molecule has 1 heterocycles. The molecule has 3 rings (SSSR count). The van der Waals surface area contributed by atoms with Crippen LogP contribution in [0, 0.1) is 0 Å². The van der Waals surface area contributed by atoms with Crippen molar-refractivity contribution in [1.82, 2.24) is 14.9 Å². The Morgan fingerprint density at radius 3 is 2.52 bits per heavy atom. The third-order valence-electron chi connectivity index (χ3n) is 4.41. The molecule has 1 aromatic heterocycles. The Balaban J connectivity index is 1.74. The van der Waals surface area contributed by atoms with Crippen molar-refractivity contribution in [3.8, 4) is 5.75 Å². The lowest BCUT2D eigenvalue weighted by Gasteiger charge is -2.11. The maximum absolute atomic E-state index is 12.6. The summed E-state index contributed by atoms with van der Waals surface area (Å²) < 4.78 is 7.26. The molecule has 7 nitrogen and oxygen atoms in total. The lowest BCUT2D eigenvalue weighted by atomic mass is 10.3. The Morgan fingerprint density at radius 1 is 1.03 bits per heavy atom. The van der Waals surface area contributed by atoms with Gasteiger partial charge >= 0.3 is 0 Å². The summed E-state index contributed by atoms with van der Waals surface area (Å²) >= 11 is 0. The highest BCUT2D eigenvalue weighted by Gasteiger charge is 2.14. The largest absolute Gasteiger partial charge is 0.494 e. The number of para-hydroxylation sites is 2. The molecule has 0 radical (unpaired) electrons. The van der Waals surface area contributed by atoms with Crippen molar-refractivity contribution in [2.24, 2.45) is 0 Å². The van der Waals surface area contributed by atoms with Crippen LogP contribution in [0.3, 0.4) is 0 Å². The molecule has 0 atom stereocenters. The summed E-state index contributed by atoms with van der Waals surface area (Å²) in [6, 6.07) is 14.9. The molecule has 0 saturated carbocycles. The highest BCUT2D eigenvalue weighted by Crippen LogP contribution is 2.18. The highest BCUT2D eigenvalue weighted by atomic mass is 16.5. The van der Waals surface area contributed by atoms with Crippen LogP contribution in [0.5, 0.6) is 5.75 Å². The first-order valence-corrected chi connectivity index (χ1v) is 9.84. The van der Waals surface area contributed by atoms with Crippen LogP contribution in [0.15, 0.2) is 48.5 Å². The van der Waals surface area contributed by atoms with Crippen molar-refractivity contribution in [3.63, 3.8) is 0 Å². The van der Waals surface area contributed by atoms with Gasteiger partial charge in [-0.15, -0.1) is 0 Å². The number of ether oxygens (including phenoxy) is 1. The normalized spacial score (nSPS) is 10.7. The van der Waals surface area contributed by atoms with Gasteiger partial charge in [-0.2, -0.15) is 0 Å². The van der Waals surface area contributed by atoms with E-state index in [9.17, 15) is 9.59 Å². The van der Waals surface area contributed by atoms with Crippen LogP contribution in [0.1, 0.15) is 32.5 Å². The van der Waals surface area contributed by atoms with E-state index >= 15 is 0 Å². The van der Waals surface area contributed by atoms with Gasteiger partial charge in [0.25, 0.3) is 0 Å². The summed E-state index contributed by atoms with van der Waals surface area (Å²) in [6.45, 7) is 4.86. The highest BCUT2D eigenvalue weighted by molar-refractivity contribution is 5.91. The fraction of sp³-hybridized carbons (Fsp3) is 0.318. The summed E-state index contributed by atoms with van der Waals surface area (Å²) in [5, 5.41) is 5.77. The number of amides is 2. The van der Waals surface area contributed by atoms with Gasteiger partial charge in [0.15, 0.2) is 0 Å². The first-order valence-electron chi connectivity index (χ1n) is 9.84. The minimum absolute atomic E-state index is 0.0232. The van der Waals surface area contributed by atoms with Gasteiger partial charge in [0.1, 0.15) is 18.1 Å². The summed E-state index contributed by atoms with van der Waals surface area (Å²) in [5.41, 5.74) is 2.34. The van der Waals surface area contributed by atoms with E-state index in [0.29, 0.717) is 24.5 Å². The molecule has 2 N–H and O–H groups in total. The number of benzene rings is 2. The van der Waals surface area contributed by atoms with E-state index in [0.717, 1.165) is 23.2 Å². The molecule has 2 aromatic carbocycles. The van der Waals surface area contributed by atoms with Gasteiger partial charge in [-0.05, 0) is 49.7 Å². The number of anilines is 1. The van der Waals surface area contributed by atoms with Crippen molar-refractivity contribution < 1.29 is 14.3 Å². The molecule has 0 aliphatic heterocycles. The predicted octanol–water partition coefficient (Wildman–Crippen LogP) is 3.49. The summed E-state index contributed by atoms with van der Waals surface area (Å²) in [6.07, 6.45) is 1.26. The fourth-order valence-corrected chi connectivity index (χ4v) is 3.08. The molecular weight excluding hydrogens is 368 g/mol. The van der Waals surface area contributed by atoms with E-state index in [1.807, 2.05) is 54.8 Å². The number of carbonyl (C=O) groups is 2. The Labute approximate surface area is 170 Å². The monoisotopic (exact) mass is 394 g/mol. The van der Waals surface area contributed by atoms with Gasteiger partial charge in [-0.3, -0.25) is 9.59 Å². The molecule has 0 aliphatic rings. The molecule has 152 valence electrons. The van der Waals surface area contributed by atoms with Gasteiger partial charge in [0.2, 0.25) is 11.8 Å². The molecule has 29 heavy (non-hydrogen) atoms. The van der Waals surface area contributed by atoms with Crippen LogP contribution < -0.4 is 15.4 Å². The number of rotatable bonds is 9. The SMILES string of the molecule is CCCC(=O)NCc1nc2ccccc2n1CC(=O)Nc1ccc(OCC)cc1. The maximum atomic E-state index is 12.6. The molecule has 0 saturated heterocycles. The van der Waals surface area contributed by atoms with E-state index < -0.39 is 0 Å². The number of fused-ring (bicyclic) bond motifs is 1. The molecule has 0 spiro atoms. The molecule has 0 fully saturated rings. The first kappa shape index (κ1) is 20.4. The van der Waals surface area contributed by atoms with Crippen molar-refractivity contribution in [2.75, 3.05) is 11.9 Å². The number of carbonyl (C=O) groups excluding carboxylic acids is 2. The van der Waals surface area contributed by atoms with Crippen LogP contribution in [0.25, 0.3) is 11.0 Å². The van der Waals surface area contributed by atoms with Crippen molar-refractivity contribution in [1.29, 1.82) is 0 Å².